The van der Waals surface area contributed by atoms with Gasteiger partial charge in [0.1, 0.15) is 6.61 Å². The maximum atomic E-state index is 5.52. The topological polar surface area (TPSA) is 69.7 Å². The SMILES string of the molecule is NCC1=NOC(COc2ncccc2Br)C1. The van der Waals surface area contributed by atoms with Crippen LogP contribution in [0, 0.1) is 0 Å². The highest BCUT2D eigenvalue weighted by Crippen LogP contribution is 2.21. The van der Waals surface area contributed by atoms with Gasteiger partial charge in [-0.05, 0) is 28.1 Å². The fraction of sp³-hybridized carbons (Fsp3) is 0.400. The van der Waals surface area contributed by atoms with Crippen molar-refractivity contribution in [2.24, 2.45) is 10.9 Å². The summed E-state index contributed by atoms with van der Waals surface area (Å²) in [6.45, 7) is 0.854. The van der Waals surface area contributed by atoms with E-state index >= 15 is 0 Å². The van der Waals surface area contributed by atoms with E-state index in [-0.39, 0.29) is 6.10 Å². The highest BCUT2D eigenvalue weighted by Gasteiger charge is 2.21. The summed E-state index contributed by atoms with van der Waals surface area (Å²) >= 11 is 3.35. The molecule has 0 bridgehead atoms. The molecular weight excluding hydrogens is 274 g/mol. The van der Waals surface area contributed by atoms with Crippen LogP contribution in [0.15, 0.2) is 28.0 Å². The lowest BCUT2D eigenvalue weighted by atomic mass is 10.2. The van der Waals surface area contributed by atoms with Crippen molar-refractivity contribution in [3.8, 4) is 5.88 Å². The van der Waals surface area contributed by atoms with Gasteiger partial charge >= 0.3 is 0 Å². The van der Waals surface area contributed by atoms with Crippen LogP contribution in [0.2, 0.25) is 0 Å². The van der Waals surface area contributed by atoms with Gasteiger partial charge in [-0.2, -0.15) is 0 Å². The minimum Gasteiger partial charge on any atom is -0.473 e. The standard InChI is InChI=1S/C10H12BrN3O2/c11-9-2-1-3-13-10(9)15-6-8-4-7(5-12)14-16-8/h1-3,8H,4-6,12H2. The summed E-state index contributed by atoms with van der Waals surface area (Å²) < 4.78 is 6.34. The number of pyridine rings is 1. The van der Waals surface area contributed by atoms with Crippen molar-refractivity contribution in [1.82, 2.24) is 4.98 Å². The highest BCUT2D eigenvalue weighted by atomic mass is 79.9. The van der Waals surface area contributed by atoms with Crippen molar-refractivity contribution in [2.75, 3.05) is 13.2 Å². The molecule has 2 heterocycles. The fourth-order valence-corrected chi connectivity index (χ4v) is 1.72. The summed E-state index contributed by atoms with van der Waals surface area (Å²) in [5, 5.41) is 3.85. The Morgan fingerprint density at radius 3 is 3.19 bits per heavy atom. The van der Waals surface area contributed by atoms with Crippen molar-refractivity contribution in [1.29, 1.82) is 0 Å². The van der Waals surface area contributed by atoms with Gasteiger partial charge in [0.2, 0.25) is 5.88 Å². The van der Waals surface area contributed by atoms with Crippen molar-refractivity contribution < 1.29 is 9.57 Å². The Morgan fingerprint density at radius 2 is 2.50 bits per heavy atom. The average molecular weight is 286 g/mol. The average Bonchev–Trinajstić information content (AvgIpc) is 2.76. The lowest BCUT2D eigenvalue weighted by molar-refractivity contribution is 0.0454. The molecule has 1 aromatic rings. The smallest absolute Gasteiger partial charge is 0.228 e. The zero-order chi connectivity index (χ0) is 11.4. The molecule has 1 aliphatic heterocycles. The number of nitrogens with zero attached hydrogens (tertiary/aromatic N) is 2. The predicted molar refractivity (Wildman–Crippen MR) is 63.4 cm³/mol. The van der Waals surface area contributed by atoms with E-state index in [2.05, 4.69) is 26.1 Å². The minimum atomic E-state index is -0.0625. The summed E-state index contributed by atoms with van der Waals surface area (Å²) in [6.07, 6.45) is 2.34. The summed E-state index contributed by atoms with van der Waals surface area (Å²) in [6, 6.07) is 3.71. The number of halogens is 1. The first kappa shape index (κ1) is 11.3. The molecule has 2 rings (SSSR count). The quantitative estimate of drug-likeness (QED) is 0.906. The molecular formula is C10H12BrN3O2. The Kier molecular flexibility index (Phi) is 3.74. The second-order valence-corrected chi connectivity index (χ2v) is 4.25. The van der Waals surface area contributed by atoms with E-state index in [1.54, 1.807) is 6.20 Å². The Labute approximate surface area is 102 Å². The molecule has 0 fully saturated rings. The van der Waals surface area contributed by atoms with Crippen LogP contribution in [-0.4, -0.2) is 30.0 Å². The molecule has 1 aromatic heterocycles. The van der Waals surface area contributed by atoms with Gasteiger partial charge in [0.05, 0.1) is 10.2 Å². The van der Waals surface area contributed by atoms with Gasteiger partial charge in [0.15, 0.2) is 6.10 Å². The van der Waals surface area contributed by atoms with E-state index in [1.807, 2.05) is 12.1 Å². The largest absolute Gasteiger partial charge is 0.473 e. The van der Waals surface area contributed by atoms with E-state index in [9.17, 15) is 0 Å². The first-order valence-corrected chi connectivity index (χ1v) is 5.74. The van der Waals surface area contributed by atoms with Gasteiger partial charge < -0.3 is 15.3 Å². The highest BCUT2D eigenvalue weighted by molar-refractivity contribution is 9.10. The number of aromatic nitrogens is 1. The van der Waals surface area contributed by atoms with Crippen molar-refractivity contribution in [3.63, 3.8) is 0 Å². The predicted octanol–water partition coefficient (Wildman–Crippen LogP) is 1.33. The molecule has 86 valence electrons. The zero-order valence-electron chi connectivity index (χ0n) is 8.60. The van der Waals surface area contributed by atoms with Crippen LogP contribution in [0.4, 0.5) is 0 Å². The van der Waals surface area contributed by atoms with E-state index in [4.69, 9.17) is 15.3 Å². The van der Waals surface area contributed by atoms with Crippen LogP contribution in [-0.2, 0) is 4.84 Å². The van der Waals surface area contributed by atoms with E-state index in [0.717, 1.165) is 16.6 Å². The Morgan fingerprint density at radius 1 is 1.62 bits per heavy atom. The van der Waals surface area contributed by atoms with Gasteiger partial charge in [-0.25, -0.2) is 4.98 Å². The van der Waals surface area contributed by atoms with Crippen LogP contribution in [0.5, 0.6) is 5.88 Å². The third kappa shape index (κ3) is 2.70. The fourth-order valence-electron chi connectivity index (χ4n) is 1.35. The third-order valence-corrected chi connectivity index (χ3v) is 2.76. The van der Waals surface area contributed by atoms with Crippen LogP contribution < -0.4 is 10.5 Å². The Hall–Kier alpha value is -1.14. The van der Waals surface area contributed by atoms with Gasteiger partial charge in [0, 0.05) is 19.2 Å². The lowest BCUT2D eigenvalue weighted by Crippen LogP contribution is -2.21. The first-order chi connectivity index (χ1) is 7.79. The normalized spacial score (nSPS) is 19.1. The second-order valence-electron chi connectivity index (χ2n) is 3.39. The van der Waals surface area contributed by atoms with E-state index < -0.39 is 0 Å². The van der Waals surface area contributed by atoms with Crippen molar-refractivity contribution >= 4 is 21.6 Å². The number of oxime groups is 1. The molecule has 0 amide bonds. The minimum absolute atomic E-state index is 0.0625. The third-order valence-electron chi connectivity index (χ3n) is 2.16. The molecule has 1 aliphatic rings. The van der Waals surface area contributed by atoms with Gasteiger partial charge in [0.25, 0.3) is 0 Å². The van der Waals surface area contributed by atoms with Crippen molar-refractivity contribution in [2.45, 2.75) is 12.5 Å². The zero-order valence-corrected chi connectivity index (χ0v) is 10.2. The van der Waals surface area contributed by atoms with Crippen molar-refractivity contribution in [3.05, 3.63) is 22.8 Å². The van der Waals surface area contributed by atoms with E-state index in [0.29, 0.717) is 19.0 Å². The number of hydrogen-bond donors (Lipinski definition) is 1. The molecule has 2 N–H and O–H groups in total. The van der Waals surface area contributed by atoms with Gasteiger partial charge in [-0.3, -0.25) is 0 Å². The molecule has 0 aliphatic carbocycles. The number of ether oxygens (including phenoxy) is 1. The molecule has 1 atom stereocenters. The van der Waals surface area contributed by atoms with Crippen LogP contribution in [0.1, 0.15) is 6.42 Å². The lowest BCUT2D eigenvalue weighted by Gasteiger charge is -2.10. The number of hydrogen-bond acceptors (Lipinski definition) is 5. The summed E-state index contributed by atoms with van der Waals surface area (Å²) in [5.74, 6) is 0.562. The molecule has 0 saturated carbocycles. The molecule has 6 heteroatoms. The summed E-state index contributed by atoms with van der Waals surface area (Å²) in [4.78, 5) is 9.25. The molecule has 0 saturated heterocycles. The first-order valence-electron chi connectivity index (χ1n) is 4.94. The van der Waals surface area contributed by atoms with Gasteiger partial charge in [-0.15, -0.1) is 0 Å². The van der Waals surface area contributed by atoms with Gasteiger partial charge in [-0.1, -0.05) is 5.16 Å². The maximum Gasteiger partial charge on any atom is 0.228 e. The maximum absolute atomic E-state index is 5.52. The molecule has 0 aromatic carbocycles. The molecule has 0 spiro atoms. The monoisotopic (exact) mass is 285 g/mol. The molecule has 5 nitrogen and oxygen atoms in total. The van der Waals surface area contributed by atoms with Crippen LogP contribution >= 0.6 is 15.9 Å². The number of rotatable bonds is 4. The number of nitrogens with two attached hydrogens (primary N) is 1. The van der Waals surface area contributed by atoms with E-state index in [1.165, 1.54) is 0 Å². The molecule has 0 radical (unpaired) electrons. The Balaban J connectivity index is 1.83. The Bertz CT molecular complexity index is 397. The van der Waals surface area contributed by atoms with Crippen LogP contribution in [0.3, 0.4) is 0 Å². The molecule has 1 unspecified atom stereocenters. The second kappa shape index (κ2) is 5.27. The summed E-state index contributed by atoms with van der Waals surface area (Å²) in [5.41, 5.74) is 6.33. The summed E-state index contributed by atoms with van der Waals surface area (Å²) in [7, 11) is 0. The van der Waals surface area contributed by atoms with Crippen LogP contribution in [0.25, 0.3) is 0 Å². The molecule has 16 heavy (non-hydrogen) atoms.